The Kier molecular flexibility index (Phi) is 5.12. The van der Waals surface area contributed by atoms with Crippen LogP contribution in [0.5, 0.6) is 0 Å². The SMILES string of the molecule is Cc1ccc(C)c(CC(=O)NC(CN)c2ccccc2)c1. The van der Waals surface area contributed by atoms with Crippen molar-refractivity contribution in [3.63, 3.8) is 0 Å². The van der Waals surface area contributed by atoms with Crippen LogP contribution in [-0.4, -0.2) is 12.5 Å². The second kappa shape index (κ2) is 7.04. The standard InChI is InChI=1S/C18H22N2O/c1-13-8-9-14(2)16(10-13)11-18(21)20-17(12-19)15-6-4-3-5-7-15/h3-10,17H,11-12,19H2,1-2H3,(H,20,21). The first-order valence-corrected chi connectivity index (χ1v) is 7.20. The van der Waals surface area contributed by atoms with Crippen LogP contribution in [0.3, 0.4) is 0 Å². The highest BCUT2D eigenvalue weighted by Crippen LogP contribution is 2.14. The predicted octanol–water partition coefficient (Wildman–Crippen LogP) is 2.66. The molecule has 21 heavy (non-hydrogen) atoms. The Morgan fingerprint density at radius 2 is 1.86 bits per heavy atom. The first kappa shape index (κ1) is 15.3. The molecule has 0 radical (unpaired) electrons. The molecule has 1 amide bonds. The van der Waals surface area contributed by atoms with Crippen molar-refractivity contribution >= 4 is 5.91 Å². The first-order chi connectivity index (χ1) is 10.1. The lowest BCUT2D eigenvalue weighted by atomic mass is 10.0. The van der Waals surface area contributed by atoms with Crippen LogP contribution in [-0.2, 0) is 11.2 Å². The molecular weight excluding hydrogens is 260 g/mol. The predicted molar refractivity (Wildman–Crippen MR) is 86.0 cm³/mol. The topological polar surface area (TPSA) is 55.1 Å². The number of hydrogen-bond donors (Lipinski definition) is 2. The molecular formula is C18H22N2O. The normalized spacial score (nSPS) is 12.0. The summed E-state index contributed by atoms with van der Waals surface area (Å²) in [5.74, 6) is 0.00278. The molecule has 0 saturated carbocycles. The number of hydrogen-bond acceptors (Lipinski definition) is 2. The number of rotatable bonds is 5. The van der Waals surface area contributed by atoms with Gasteiger partial charge in [-0.2, -0.15) is 0 Å². The molecule has 0 aliphatic heterocycles. The number of benzene rings is 2. The van der Waals surface area contributed by atoms with E-state index >= 15 is 0 Å². The van der Waals surface area contributed by atoms with E-state index in [1.165, 1.54) is 5.56 Å². The summed E-state index contributed by atoms with van der Waals surface area (Å²) in [6, 6.07) is 15.9. The van der Waals surface area contributed by atoms with E-state index in [-0.39, 0.29) is 11.9 Å². The van der Waals surface area contributed by atoms with E-state index in [4.69, 9.17) is 5.73 Å². The summed E-state index contributed by atoms with van der Waals surface area (Å²) < 4.78 is 0. The number of carbonyl (C=O) groups excluding carboxylic acids is 1. The third-order valence-electron chi connectivity index (χ3n) is 3.63. The van der Waals surface area contributed by atoms with E-state index in [0.29, 0.717) is 13.0 Å². The molecule has 0 aromatic heterocycles. The van der Waals surface area contributed by atoms with Crippen molar-refractivity contribution < 1.29 is 4.79 Å². The maximum Gasteiger partial charge on any atom is 0.224 e. The molecule has 0 bridgehead atoms. The van der Waals surface area contributed by atoms with Crippen LogP contribution in [0.15, 0.2) is 48.5 Å². The van der Waals surface area contributed by atoms with Crippen LogP contribution in [0.4, 0.5) is 0 Å². The molecule has 3 heteroatoms. The van der Waals surface area contributed by atoms with Gasteiger partial charge in [-0.15, -0.1) is 0 Å². The van der Waals surface area contributed by atoms with Crippen molar-refractivity contribution in [3.8, 4) is 0 Å². The van der Waals surface area contributed by atoms with Gasteiger partial charge in [0.15, 0.2) is 0 Å². The Morgan fingerprint density at radius 3 is 2.52 bits per heavy atom. The molecule has 2 aromatic carbocycles. The zero-order valence-corrected chi connectivity index (χ0v) is 12.6. The lowest BCUT2D eigenvalue weighted by Gasteiger charge is -2.18. The van der Waals surface area contributed by atoms with Crippen LogP contribution in [0, 0.1) is 13.8 Å². The Labute approximate surface area is 126 Å². The average molecular weight is 282 g/mol. The maximum absolute atomic E-state index is 12.3. The van der Waals surface area contributed by atoms with Gasteiger partial charge in [-0.05, 0) is 30.5 Å². The largest absolute Gasteiger partial charge is 0.348 e. The summed E-state index contributed by atoms with van der Waals surface area (Å²) in [6.07, 6.45) is 0.386. The van der Waals surface area contributed by atoms with Gasteiger partial charge in [0.25, 0.3) is 0 Å². The zero-order valence-electron chi connectivity index (χ0n) is 12.6. The molecule has 0 aliphatic rings. The van der Waals surface area contributed by atoms with Gasteiger partial charge in [0.1, 0.15) is 0 Å². The average Bonchev–Trinajstić information content (AvgIpc) is 2.49. The molecule has 3 nitrogen and oxygen atoms in total. The van der Waals surface area contributed by atoms with Crippen molar-refractivity contribution in [1.82, 2.24) is 5.32 Å². The zero-order chi connectivity index (χ0) is 15.2. The Balaban J connectivity index is 2.05. The number of nitrogens with one attached hydrogen (secondary N) is 1. The van der Waals surface area contributed by atoms with Crippen LogP contribution in [0.1, 0.15) is 28.3 Å². The van der Waals surface area contributed by atoms with E-state index in [2.05, 4.69) is 23.5 Å². The van der Waals surface area contributed by atoms with Gasteiger partial charge in [-0.25, -0.2) is 0 Å². The Morgan fingerprint density at radius 1 is 1.14 bits per heavy atom. The van der Waals surface area contributed by atoms with Gasteiger partial charge in [-0.3, -0.25) is 4.79 Å². The fourth-order valence-electron chi connectivity index (χ4n) is 2.37. The van der Waals surface area contributed by atoms with Crippen molar-refractivity contribution in [2.75, 3.05) is 6.54 Å². The Bertz CT molecular complexity index is 608. The first-order valence-electron chi connectivity index (χ1n) is 7.20. The summed E-state index contributed by atoms with van der Waals surface area (Å²) in [6.45, 7) is 4.45. The van der Waals surface area contributed by atoms with Gasteiger partial charge in [0.2, 0.25) is 5.91 Å². The third kappa shape index (κ3) is 4.17. The summed E-state index contributed by atoms with van der Waals surface area (Å²) >= 11 is 0. The van der Waals surface area contributed by atoms with Crippen LogP contribution >= 0.6 is 0 Å². The minimum atomic E-state index is -0.135. The molecule has 110 valence electrons. The quantitative estimate of drug-likeness (QED) is 0.886. The molecule has 0 spiro atoms. The Hall–Kier alpha value is -2.13. The number of carbonyl (C=O) groups is 1. The third-order valence-corrected chi connectivity index (χ3v) is 3.63. The lowest BCUT2D eigenvalue weighted by molar-refractivity contribution is -0.121. The van der Waals surface area contributed by atoms with Crippen molar-refractivity contribution in [2.24, 2.45) is 5.73 Å². The minimum Gasteiger partial charge on any atom is -0.348 e. The molecule has 2 rings (SSSR count). The van der Waals surface area contributed by atoms with Gasteiger partial charge in [0.05, 0.1) is 12.5 Å². The molecule has 0 aliphatic carbocycles. The highest BCUT2D eigenvalue weighted by Gasteiger charge is 2.13. The van der Waals surface area contributed by atoms with Gasteiger partial charge >= 0.3 is 0 Å². The molecule has 0 heterocycles. The van der Waals surface area contributed by atoms with Crippen LogP contribution in [0.2, 0.25) is 0 Å². The molecule has 2 aromatic rings. The van der Waals surface area contributed by atoms with Gasteiger partial charge in [-0.1, -0.05) is 54.1 Å². The number of nitrogens with two attached hydrogens (primary N) is 1. The minimum absolute atomic E-state index is 0.00278. The summed E-state index contributed by atoms with van der Waals surface area (Å²) in [5, 5.41) is 3.01. The van der Waals surface area contributed by atoms with Crippen molar-refractivity contribution in [3.05, 3.63) is 70.8 Å². The molecule has 1 atom stereocenters. The molecule has 1 unspecified atom stereocenters. The van der Waals surface area contributed by atoms with Crippen LogP contribution in [0.25, 0.3) is 0 Å². The van der Waals surface area contributed by atoms with Gasteiger partial charge < -0.3 is 11.1 Å². The smallest absolute Gasteiger partial charge is 0.224 e. The van der Waals surface area contributed by atoms with E-state index in [1.54, 1.807) is 0 Å². The number of amides is 1. The maximum atomic E-state index is 12.3. The van der Waals surface area contributed by atoms with Crippen LogP contribution < -0.4 is 11.1 Å². The molecule has 0 fully saturated rings. The summed E-state index contributed by atoms with van der Waals surface area (Å²) in [5.41, 5.74) is 10.2. The summed E-state index contributed by atoms with van der Waals surface area (Å²) in [7, 11) is 0. The highest BCUT2D eigenvalue weighted by molar-refractivity contribution is 5.79. The second-order valence-corrected chi connectivity index (χ2v) is 5.37. The van der Waals surface area contributed by atoms with E-state index in [1.807, 2.05) is 44.2 Å². The summed E-state index contributed by atoms with van der Waals surface area (Å²) in [4.78, 5) is 12.3. The number of aryl methyl sites for hydroxylation is 2. The fraction of sp³-hybridized carbons (Fsp3) is 0.278. The van der Waals surface area contributed by atoms with E-state index in [9.17, 15) is 4.79 Å². The highest BCUT2D eigenvalue weighted by atomic mass is 16.1. The van der Waals surface area contributed by atoms with Crippen molar-refractivity contribution in [1.29, 1.82) is 0 Å². The fourth-order valence-corrected chi connectivity index (χ4v) is 2.37. The monoisotopic (exact) mass is 282 g/mol. The van der Waals surface area contributed by atoms with Crippen molar-refractivity contribution in [2.45, 2.75) is 26.3 Å². The van der Waals surface area contributed by atoms with E-state index in [0.717, 1.165) is 16.7 Å². The lowest BCUT2D eigenvalue weighted by Crippen LogP contribution is -2.34. The second-order valence-electron chi connectivity index (χ2n) is 5.37. The molecule has 0 saturated heterocycles. The van der Waals surface area contributed by atoms with Gasteiger partial charge in [0, 0.05) is 6.54 Å². The van der Waals surface area contributed by atoms with E-state index < -0.39 is 0 Å². The molecule has 3 N–H and O–H groups in total.